The van der Waals surface area contributed by atoms with Gasteiger partial charge >= 0.3 is 5.97 Å². The molecule has 19 heavy (non-hydrogen) atoms. The van der Waals surface area contributed by atoms with Gasteiger partial charge < -0.3 is 5.11 Å². The Bertz CT molecular complexity index is 550. The number of hydrogen-bond donors (Lipinski definition) is 1. The molecule has 0 aromatic heterocycles. The van der Waals surface area contributed by atoms with Gasteiger partial charge in [-0.15, -0.1) is 0 Å². The number of carboxylic acids is 1. The third-order valence-electron chi connectivity index (χ3n) is 2.97. The Morgan fingerprint density at radius 1 is 1.21 bits per heavy atom. The molecule has 0 amide bonds. The molecule has 0 spiro atoms. The van der Waals surface area contributed by atoms with Crippen LogP contribution in [0.5, 0.6) is 0 Å². The average Bonchev–Trinajstić information content (AvgIpc) is 2.27. The van der Waals surface area contributed by atoms with Crippen LogP contribution in [0.2, 0.25) is 0 Å². The van der Waals surface area contributed by atoms with Crippen LogP contribution in [-0.2, 0) is 20.0 Å². The Morgan fingerprint density at radius 2 is 1.68 bits per heavy atom. The van der Waals surface area contributed by atoms with Gasteiger partial charge in [0.2, 0.25) is 0 Å². The van der Waals surface area contributed by atoms with Crippen molar-refractivity contribution in [3.05, 3.63) is 29.8 Å². The van der Waals surface area contributed by atoms with Crippen molar-refractivity contribution in [3.8, 4) is 0 Å². The van der Waals surface area contributed by atoms with E-state index in [-0.39, 0.29) is 16.1 Å². The topological polar surface area (TPSA) is 71.4 Å². The minimum Gasteiger partial charge on any atom is -0.481 e. The van der Waals surface area contributed by atoms with Crippen molar-refractivity contribution in [1.82, 2.24) is 0 Å². The normalized spacial score (nSPS) is 14.1. The van der Waals surface area contributed by atoms with Gasteiger partial charge in [0, 0.05) is 0 Å². The van der Waals surface area contributed by atoms with Crippen LogP contribution in [0.25, 0.3) is 0 Å². The second kappa shape index (κ2) is 5.33. The Morgan fingerprint density at radius 3 is 2.05 bits per heavy atom. The van der Waals surface area contributed by atoms with Crippen molar-refractivity contribution in [2.24, 2.45) is 5.92 Å². The Balaban J connectivity index is 3.01. The summed E-state index contributed by atoms with van der Waals surface area (Å²) in [7, 11) is -3.55. The third kappa shape index (κ3) is 4.06. The molecule has 0 bridgehead atoms. The number of benzene rings is 1. The zero-order valence-electron chi connectivity index (χ0n) is 11.7. The van der Waals surface area contributed by atoms with Crippen molar-refractivity contribution in [1.29, 1.82) is 0 Å². The Hall–Kier alpha value is -1.36. The van der Waals surface area contributed by atoms with Crippen molar-refractivity contribution in [2.75, 3.05) is 5.75 Å². The van der Waals surface area contributed by atoms with Gasteiger partial charge in [-0.3, -0.25) is 4.79 Å². The van der Waals surface area contributed by atoms with Crippen molar-refractivity contribution in [2.45, 2.75) is 38.0 Å². The molecule has 0 fully saturated rings. The molecular formula is C14H20O4S. The predicted octanol–water partition coefficient (Wildman–Crippen LogP) is 2.48. The molecule has 1 atom stereocenters. The number of carboxylic acid groups (broad SMARTS) is 1. The molecule has 106 valence electrons. The van der Waals surface area contributed by atoms with E-state index in [1.165, 1.54) is 6.92 Å². The first-order chi connectivity index (χ1) is 8.54. The van der Waals surface area contributed by atoms with Gasteiger partial charge in [-0.1, -0.05) is 39.8 Å². The summed E-state index contributed by atoms with van der Waals surface area (Å²) in [4.78, 5) is 10.9. The molecule has 1 N–H and O–H groups in total. The number of aliphatic carboxylic acids is 1. The highest BCUT2D eigenvalue weighted by Crippen LogP contribution is 2.24. The van der Waals surface area contributed by atoms with Crippen LogP contribution in [0, 0.1) is 5.92 Å². The summed E-state index contributed by atoms with van der Waals surface area (Å²) in [5, 5.41) is 8.78. The fourth-order valence-electron chi connectivity index (χ4n) is 1.66. The van der Waals surface area contributed by atoms with Gasteiger partial charge in [0.25, 0.3) is 0 Å². The minimum absolute atomic E-state index is 0.0450. The number of sulfone groups is 1. The number of rotatable bonds is 4. The fourth-order valence-corrected chi connectivity index (χ4v) is 3.20. The number of hydrogen-bond acceptors (Lipinski definition) is 3. The molecule has 0 saturated heterocycles. The van der Waals surface area contributed by atoms with Crippen LogP contribution < -0.4 is 0 Å². The first kappa shape index (κ1) is 15.7. The molecule has 1 aromatic carbocycles. The van der Waals surface area contributed by atoms with Crippen molar-refractivity contribution < 1.29 is 18.3 Å². The van der Waals surface area contributed by atoms with Crippen molar-refractivity contribution in [3.63, 3.8) is 0 Å². The lowest BCUT2D eigenvalue weighted by Gasteiger charge is -2.19. The highest BCUT2D eigenvalue weighted by molar-refractivity contribution is 7.91. The molecule has 0 aliphatic heterocycles. The summed E-state index contributed by atoms with van der Waals surface area (Å²) in [6, 6.07) is 6.64. The van der Waals surface area contributed by atoms with E-state index in [1.807, 2.05) is 20.8 Å². The van der Waals surface area contributed by atoms with Gasteiger partial charge in [0.15, 0.2) is 9.84 Å². The predicted molar refractivity (Wildman–Crippen MR) is 74.0 cm³/mol. The molecule has 4 nitrogen and oxygen atoms in total. The maximum absolute atomic E-state index is 12.0. The SMILES string of the molecule is CC(CS(=O)(=O)c1ccc(C(C)(C)C)cc1)C(=O)O. The summed E-state index contributed by atoms with van der Waals surface area (Å²) in [5.74, 6) is -2.39. The molecule has 1 unspecified atom stereocenters. The Labute approximate surface area is 114 Å². The zero-order chi connectivity index (χ0) is 14.8. The van der Waals surface area contributed by atoms with E-state index in [0.717, 1.165) is 5.56 Å². The first-order valence-corrected chi connectivity index (χ1v) is 7.75. The first-order valence-electron chi connectivity index (χ1n) is 6.10. The molecule has 1 aromatic rings. The maximum Gasteiger partial charge on any atom is 0.307 e. The minimum atomic E-state index is -3.55. The summed E-state index contributed by atoms with van der Waals surface area (Å²) in [6.45, 7) is 7.53. The largest absolute Gasteiger partial charge is 0.481 e. The van der Waals surface area contributed by atoms with E-state index in [2.05, 4.69) is 0 Å². The summed E-state index contributed by atoms with van der Waals surface area (Å²) >= 11 is 0. The molecule has 0 aliphatic rings. The molecule has 5 heteroatoms. The summed E-state index contributed by atoms with van der Waals surface area (Å²) in [5.41, 5.74) is 0.995. The Kier molecular flexibility index (Phi) is 4.40. The van der Waals surface area contributed by atoms with E-state index in [9.17, 15) is 13.2 Å². The average molecular weight is 284 g/mol. The number of carbonyl (C=O) groups is 1. The van der Waals surface area contributed by atoms with Gasteiger partial charge in [-0.05, 0) is 23.1 Å². The third-order valence-corrected chi connectivity index (χ3v) is 4.90. The van der Waals surface area contributed by atoms with Crippen LogP contribution >= 0.6 is 0 Å². The van der Waals surface area contributed by atoms with E-state index in [0.29, 0.717) is 0 Å². The maximum atomic E-state index is 12.0. The highest BCUT2D eigenvalue weighted by atomic mass is 32.2. The second-order valence-electron chi connectivity index (χ2n) is 5.80. The van der Waals surface area contributed by atoms with E-state index in [4.69, 9.17) is 5.11 Å². The van der Waals surface area contributed by atoms with Gasteiger partial charge in [-0.2, -0.15) is 0 Å². The fraction of sp³-hybridized carbons (Fsp3) is 0.500. The monoisotopic (exact) mass is 284 g/mol. The highest BCUT2D eigenvalue weighted by Gasteiger charge is 2.23. The van der Waals surface area contributed by atoms with E-state index >= 15 is 0 Å². The lowest BCUT2D eigenvalue weighted by molar-refractivity contribution is -0.140. The molecule has 0 aliphatic carbocycles. The summed E-state index contributed by atoms with van der Waals surface area (Å²) < 4.78 is 24.1. The molecule has 0 saturated carbocycles. The van der Waals surface area contributed by atoms with Crippen LogP contribution in [0.4, 0.5) is 0 Å². The zero-order valence-corrected chi connectivity index (χ0v) is 12.5. The van der Waals surface area contributed by atoms with E-state index in [1.54, 1.807) is 24.3 Å². The molecule has 1 rings (SSSR count). The molecule has 0 radical (unpaired) electrons. The van der Waals surface area contributed by atoms with Gasteiger partial charge in [0.05, 0.1) is 16.6 Å². The quantitative estimate of drug-likeness (QED) is 0.922. The van der Waals surface area contributed by atoms with Crippen LogP contribution in [-0.4, -0.2) is 25.2 Å². The van der Waals surface area contributed by atoms with Crippen LogP contribution in [0.3, 0.4) is 0 Å². The molecular weight excluding hydrogens is 264 g/mol. The van der Waals surface area contributed by atoms with E-state index < -0.39 is 21.7 Å². The smallest absolute Gasteiger partial charge is 0.307 e. The van der Waals surface area contributed by atoms with Crippen molar-refractivity contribution >= 4 is 15.8 Å². The lowest BCUT2D eigenvalue weighted by atomic mass is 9.87. The van der Waals surface area contributed by atoms with Gasteiger partial charge in [0.1, 0.15) is 0 Å². The lowest BCUT2D eigenvalue weighted by Crippen LogP contribution is -2.21. The van der Waals surface area contributed by atoms with Crippen LogP contribution in [0.1, 0.15) is 33.3 Å². The standard InChI is InChI=1S/C14H20O4S/c1-10(13(15)16)9-19(17,18)12-7-5-11(6-8-12)14(2,3)4/h5-8,10H,9H2,1-4H3,(H,15,16). The van der Waals surface area contributed by atoms with Crippen LogP contribution in [0.15, 0.2) is 29.2 Å². The molecule has 0 heterocycles. The second-order valence-corrected chi connectivity index (χ2v) is 7.83. The summed E-state index contributed by atoms with van der Waals surface area (Å²) in [6.07, 6.45) is 0. The van der Waals surface area contributed by atoms with Gasteiger partial charge in [-0.25, -0.2) is 8.42 Å².